The van der Waals surface area contributed by atoms with E-state index in [1.165, 1.54) is 19.2 Å². The molecular weight excluding hydrogens is 391 g/mol. The van der Waals surface area contributed by atoms with E-state index < -0.39 is 12.0 Å². The number of carbonyl (C=O) groups excluding carboxylic acids is 1. The standard InChI is InChI=1S/C22H21FN2O3S/c1-4-12-28-18-7-5-6-15(13-18)20-19(21(26)27-3)14(2)25(22(29)24-20)17-10-8-16(23)9-11-17/h4-11,13,20H,1,12H2,2-3H3,(H,24,29)/t20-/m0/s1. The number of thiocarbonyl (C=S) groups is 1. The van der Waals surface area contributed by atoms with Crippen LogP contribution in [0, 0.1) is 5.82 Å². The Balaban J connectivity index is 2.07. The molecule has 0 fully saturated rings. The molecule has 150 valence electrons. The lowest BCUT2D eigenvalue weighted by Crippen LogP contribution is -2.48. The van der Waals surface area contributed by atoms with Crippen LogP contribution in [0.1, 0.15) is 18.5 Å². The monoisotopic (exact) mass is 412 g/mol. The largest absolute Gasteiger partial charge is 0.490 e. The Labute approximate surface area is 174 Å². The molecule has 3 rings (SSSR count). The molecule has 0 unspecified atom stereocenters. The maximum atomic E-state index is 13.3. The molecule has 5 nitrogen and oxygen atoms in total. The average Bonchev–Trinajstić information content (AvgIpc) is 2.73. The number of ether oxygens (including phenoxy) is 2. The van der Waals surface area contributed by atoms with Gasteiger partial charge in [0.1, 0.15) is 18.2 Å². The summed E-state index contributed by atoms with van der Waals surface area (Å²) in [6, 6.07) is 12.8. The van der Waals surface area contributed by atoms with Crippen LogP contribution in [0.2, 0.25) is 0 Å². The minimum Gasteiger partial charge on any atom is -0.490 e. The molecule has 1 N–H and O–H groups in total. The minimum absolute atomic E-state index is 0.353. The van der Waals surface area contributed by atoms with Gasteiger partial charge in [0.05, 0.1) is 18.7 Å². The first-order valence-corrected chi connectivity index (χ1v) is 9.36. The molecule has 0 amide bonds. The van der Waals surface area contributed by atoms with E-state index >= 15 is 0 Å². The summed E-state index contributed by atoms with van der Waals surface area (Å²) in [5, 5.41) is 3.60. The number of esters is 1. The maximum Gasteiger partial charge on any atom is 0.337 e. The molecule has 1 aliphatic rings. The number of rotatable bonds is 6. The number of hydrogen-bond donors (Lipinski definition) is 1. The lowest BCUT2D eigenvalue weighted by molar-refractivity contribution is -0.136. The van der Waals surface area contributed by atoms with Crippen molar-refractivity contribution in [3.8, 4) is 5.75 Å². The predicted molar refractivity (Wildman–Crippen MR) is 114 cm³/mol. The number of nitrogens with zero attached hydrogens (tertiary/aromatic N) is 1. The van der Waals surface area contributed by atoms with E-state index in [0.29, 0.717) is 34.4 Å². The van der Waals surface area contributed by atoms with Crippen LogP contribution < -0.4 is 15.0 Å². The smallest absolute Gasteiger partial charge is 0.337 e. The highest BCUT2D eigenvalue weighted by Gasteiger charge is 2.35. The van der Waals surface area contributed by atoms with Crippen molar-refractivity contribution in [3.63, 3.8) is 0 Å². The van der Waals surface area contributed by atoms with Gasteiger partial charge in [0, 0.05) is 11.4 Å². The van der Waals surface area contributed by atoms with E-state index in [9.17, 15) is 9.18 Å². The fourth-order valence-corrected chi connectivity index (χ4v) is 3.57. The van der Waals surface area contributed by atoms with Crippen molar-refractivity contribution in [1.82, 2.24) is 5.32 Å². The normalized spacial score (nSPS) is 16.3. The molecule has 0 spiro atoms. The average molecular weight is 412 g/mol. The van der Waals surface area contributed by atoms with Gasteiger partial charge in [0.15, 0.2) is 5.11 Å². The van der Waals surface area contributed by atoms with Gasteiger partial charge in [-0.25, -0.2) is 9.18 Å². The number of allylic oxidation sites excluding steroid dienone is 1. The molecule has 0 bridgehead atoms. The van der Waals surface area contributed by atoms with Crippen molar-refractivity contribution in [2.45, 2.75) is 13.0 Å². The predicted octanol–water partition coefficient (Wildman–Crippen LogP) is 4.27. The van der Waals surface area contributed by atoms with Crippen molar-refractivity contribution < 1.29 is 18.7 Å². The van der Waals surface area contributed by atoms with Crippen LogP contribution in [-0.2, 0) is 9.53 Å². The van der Waals surface area contributed by atoms with Crippen LogP contribution in [0.4, 0.5) is 10.1 Å². The van der Waals surface area contributed by atoms with Crippen LogP contribution in [-0.4, -0.2) is 24.8 Å². The summed E-state index contributed by atoms with van der Waals surface area (Å²) < 4.78 is 24.0. The van der Waals surface area contributed by atoms with Crippen LogP contribution in [0.5, 0.6) is 5.75 Å². The lowest BCUT2D eigenvalue weighted by atomic mass is 9.94. The lowest BCUT2D eigenvalue weighted by Gasteiger charge is -2.37. The highest BCUT2D eigenvalue weighted by molar-refractivity contribution is 7.80. The Bertz CT molecular complexity index is 972. The van der Waals surface area contributed by atoms with Crippen LogP contribution in [0.3, 0.4) is 0 Å². The van der Waals surface area contributed by atoms with E-state index in [1.807, 2.05) is 24.3 Å². The zero-order chi connectivity index (χ0) is 21.0. The van der Waals surface area contributed by atoms with Gasteiger partial charge in [0.25, 0.3) is 0 Å². The molecule has 1 aliphatic heterocycles. The molecule has 1 heterocycles. The highest BCUT2D eigenvalue weighted by Crippen LogP contribution is 2.35. The van der Waals surface area contributed by atoms with E-state index in [0.717, 1.165) is 5.56 Å². The third kappa shape index (κ3) is 4.30. The topological polar surface area (TPSA) is 50.8 Å². The summed E-state index contributed by atoms with van der Waals surface area (Å²) in [5.41, 5.74) is 2.46. The zero-order valence-electron chi connectivity index (χ0n) is 16.1. The molecule has 0 aliphatic carbocycles. The highest BCUT2D eigenvalue weighted by atomic mass is 32.1. The van der Waals surface area contributed by atoms with Gasteiger partial charge in [-0.15, -0.1) is 0 Å². The number of halogens is 1. The van der Waals surface area contributed by atoms with Gasteiger partial charge in [-0.05, 0) is 61.1 Å². The molecule has 0 saturated heterocycles. The molecule has 7 heteroatoms. The number of carbonyl (C=O) groups is 1. The quantitative estimate of drug-likeness (QED) is 0.434. The fraction of sp³-hybridized carbons (Fsp3) is 0.182. The third-order valence-electron chi connectivity index (χ3n) is 4.53. The summed E-state index contributed by atoms with van der Waals surface area (Å²) in [7, 11) is 1.33. The molecule has 0 aromatic heterocycles. The summed E-state index contributed by atoms with van der Waals surface area (Å²) >= 11 is 5.56. The van der Waals surface area contributed by atoms with Gasteiger partial charge in [0.2, 0.25) is 0 Å². The van der Waals surface area contributed by atoms with Gasteiger partial charge < -0.3 is 14.8 Å². The Kier molecular flexibility index (Phi) is 6.29. The second-order valence-corrected chi connectivity index (χ2v) is 6.74. The Morgan fingerprint density at radius 1 is 1.31 bits per heavy atom. The summed E-state index contributed by atoms with van der Waals surface area (Å²) in [5.74, 6) is -0.182. The number of hydrogen-bond acceptors (Lipinski definition) is 4. The Hall–Kier alpha value is -3.19. The van der Waals surface area contributed by atoms with Gasteiger partial charge in [-0.3, -0.25) is 4.90 Å². The van der Waals surface area contributed by atoms with Crippen molar-refractivity contribution in [1.29, 1.82) is 0 Å². The van der Waals surface area contributed by atoms with Crippen molar-refractivity contribution in [3.05, 3.63) is 83.8 Å². The second-order valence-electron chi connectivity index (χ2n) is 6.36. The van der Waals surface area contributed by atoms with E-state index in [4.69, 9.17) is 21.7 Å². The summed E-state index contributed by atoms with van der Waals surface area (Å²) in [6.45, 7) is 5.80. The first kappa shape index (κ1) is 20.5. The molecule has 0 radical (unpaired) electrons. The van der Waals surface area contributed by atoms with Crippen molar-refractivity contribution in [2.24, 2.45) is 0 Å². The van der Waals surface area contributed by atoms with Gasteiger partial charge in [-0.2, -0.15) is 0 Å². The second kappa shape index (κ2) is 8.87. The zero-order valence-corrected chi connectivity index (χ0v) is 17.0. The van der Waals surface area contributed by atoms with Gasteiger partial charge in [-0.1, -0.05) is 24.8 Å². The number of anilines is 1. The fourth-order valence-electron chi connectivity index (χ4n) is 3.21. The number of nitrogens with one attached hydrogen (secondary N) is 1. The SMILES string of the molecule is C=CCOc1cccc([C@@H]2NC(=S)N(c3ccc(F)cc3)C(C)=C2C(=O)OC)c1. The Morgan fingerprint density at radius 3 is 2.69 bits per heavy atom. The third-order valence-corrected chi connectivity index (χ3v) is 4.83. The van der Waals surface area contributed by atoms with Crippen LogP contribution in [0.25, 0.3) is 0 Å². The summed E-state index contributed by atoms with van der Waals surface area (Å²) in [6.07, 6.45) is 1.66. The first-order chi connectivity index (χ1) is 14.0. The molecular formula is C22H21FN2O3S. The van der Waals surface area contributed by atoms with Crippen LogP contribution in [0.15, 0.2) is 72.5 Å². The van der Waals surface area contributed by atoms with Crippen molar-refractivity contribution >= 4 is 29.0 Å². The molecule has 0 saturated carbocycles. The minimum atomic E-state index is -0.515. The number of benzene rings is 2. The molecule has 29 heavy (non-hydrogen) atoms. The van der Waals surface area contributed by atoms with E-state index in [1.54, 1.807) is 30.0 Å². The van der Waals surface area contributed by atoms with Gasteiger partial charge >= 0.3 is 5.97 Å². The Morgan fingerprint density at radius 2 is 2.03 bits per heavy atom. The van der Waals surface area contributed by atoms with E-state index in [-0.39, 0.29) is 5.82 Å². The molecule has 1 atom stereocenters. The molecule has 2 aromatic carbocycles. The van der Waals surface area contributed by atoms with Crippen molar-refractivity contribution in [2.75, 3.05) is 18.6 Å². The summed E-state index contributed by atoms with van der Waals surface area (Å²) in [4.78, 5) is 14.4. The van der Waals surface area contributed by atoms with E-state index in [2.05, 4.69) is 11.9 Å². The number of methoxy groups -OCH3 is 1. The maximum absolute atomic E-state index is 13.3. The first-order valence-electron chi connectivity index (χ1n) is 8.95. The van der Waals surface area contributed by atoms with Crippen LogP contribution >= 0.6 is 12.2 Å². The molecule has 2 aromatic rings.